The molecule has 1 aliphatic carbocycles. The number of ether oxygens (including phenoxy) is 1. The molecule has 1 aliphatic heterocycles. The molecule has 2 aliphatic rings. The summed E-state index contributed by atoms with van der Waals surface area (Å²) >= 11 is 0. The van der Waals surface area contributed by atoms with Crippen LogP contribution in [0, 0.1) is 11.2 Å². The minimum absolute atomic E-state index is 0.0828. The Hall–Kier alpha value is -3.33. The number of benzene rings is 1. The summed E-state index contributed by atoms with van der Waals surface area (Å²) in [6.45, 7) is 8.03. The van der Waals surface area contributed by atoms with Crippen LogP contribution in [0.3, 0.4) is 0 Å². The zero-order valence-corrected chi connectivity index (χ0v) is 21.0. The molecule has 1 saturated carbocycles. The van der Waals surface area contributed by atoms with Gasteiger partial charge in [-0.25, -0.2) is 14.2 Å². The van der Waals surface area contributed by atoms with Gasteiger partial charge in [-0.15, -0.1) is 10.2 Å². The van der Waals surface area contributed by atoms with Gasteiger partial charge in [-0.1, -0.05) is 6.42 Å². The van der Waals surface area contributed by atoms with Crippen LogP contribution in [0.4, 0.5) is 4.39 Å². The van der Waals surface area contributed by atoms with E-state index in [9.17, 15) is 4.79 Å². The number of rotatable bonds is 7. The first-order valence-corrected chi connectivity index (χ1v) is 12.7. The molecule has 0 unspecified atom stereocenters. The molecule has 0 atom stereocenters. The van der Waals surface area contributed by atoms with Crippen LogP contribution >= 0.6 is 0 Å². The van der Waals surface area contributed by atoms with Crippen molar-refractivity contribution >= 4 is 22.1 Å². The molecule has 1 saturated heterocycles. The zero-order chi connectivity index (χ0) is 25.0. The minimum atomic E-state index is -0.417. The summed E-state index contributed by atoms with van der Waals surface area (Å²) in [7, 11) is 1.67. The number of nitrogens with zero attached hydrogens (tertiary/aromatic N) is 6. The van der Waals surface area contributed by atoms with Gasteiger partial charge < -0.3 is 9.64 Å². The first-order valence-electron chi connectivity index (χ1n) is 12.7. The summed E-state index contributed by atoms with van der Waals surface area (Å²) in [6.07, 6.45) is 6.78. The van der Waals surface area contributed by atoms with E-state index in [1.165, 1.54) is 43.0 Å². The number of fused-ring (bicyclic) bond motifs is 3. The van der Waals surface area contributed by atoms with Gasteiger partial charge in [-0.05, 0) is 50.7 Å². The van der Waals surface area contributed by atoms with Crippen molar-refractivity contribution in [3.05, 3.63) is 46.8 Å². The lowest BCUT2D eigenvalue weighted by molar-refractivity contribution is -0.0609. The lowest BCUT2D eigenvalue weighted by atomic mass is 9.63. The molecule has 0 N–H and O–H groups in total. The number of imidazole rings is 1. The molecule has 4 heterocycles. The third-order valence-electron chi connectivity index (χ3n) is 7.82. The Morgan fingerprint density at radius 2 is 1.97 bits per heavy atom. The molecule has 1 aromatic carbocycles. The maximum Gasteiger partial charge on any atom is 0.330 e. The standard InChI is InChI=1S/C27H31FN6O2/c1-17(2)34-24-20-12-19(21(28)13-22(20)30-31-25(24)32(3)26(34)35)18-6-7-23(29-14-18)36-11-5-10-33-15-27(16-33)8-4-9-27/h6-7,12-14,17H,4-5,8-11,15-16H2,1-3H3. The highest BCUT2D eigenvalue weighted by molar-refractivity contribution is 6.02. The van der Waals surface area contributed by atoms with Crippen molar-refractivity contribution in [3.8, 4) is 17.0 Å². The average molecular weight is 491 g/mol. The number of aryl methyl sites for hydroxylation is 1. The lowest BCUT2D eigenvalue weighted by Gasteiger charge is -2.56. The fourth-order valence-electron chi connectivity index (χ4n) is 5.76. The summed E-state index contributed by atoms with van der Waals surface area (Å²) in [4.78, 5) is 19.7. The predicted octanol–water partition coefficient (Wildman–Crippen LogP) is 4.32. The van der Waals surface area contributed by atoms with E-state index in [2.05, 4.69) is 20.1 Å². The average Bonchev–Trinajstić information content (AvgIpc) is 3.07. The van der Waals surface area contributed by atoms with Crippen LogP contribution in [0.2, 0.25) is 0 Å². The molecule has 0 radical (unpaired) electrons. The van der Waals surface area contributed by atoms with Crippen LogP contribution in [-0.4, -0.2) is 55.5 Å². The van der Waals surface area contributed by atoms with E-state index in [0.29, 0.717) is 51.1 Å². The van der Waals surface area contributed by atoms with Crippen molar-refractivity contribution in [2.24, 2.45) is 12.5 Å². The number of pyridine rings is 1. The molecular formula is C27H31FN6O2. The van der Waals surface area contributed by atoms with Crippen LogP contribution in [0.5, 0.6) is 5.88 Å². The maximum atomic E-state index is 15.1. The van der Waals surface area contributed by atoms with Gasteiger partial charge in [0.15, 0.2) is 5.65 Å². The van der Waals surface area contributed by atoms with Crippen molar-refractivity contribution in [2.75, 3.05) is 26.2 Å². The third kappa shape index (κ3) is 3.77. The molecule has 2 fully saturated rings. The molecule has 0 bridgehead atoms. The SMILES string of the molecule is CC(C)n1c(=O)n(C)c2nnc3cc(F)c(-c4ccc(OCCCN5CC6(CCC6)C5)nc4)cc3c21. The van der Waals surface area contributed by atoms with Crippen molar-refractivity contribution in [3.63, 3.8) is 0 Å². The third-order valence-corrected chi connectivity index (χ3v) is 7.82. The molecule has 188 valence electrons. The van der Waals surface area contributed by atoms with Gasteiger partial charge in [0, 0.05) is 67.6 Å². The van der Waals surface area contributed by atoms with Crippen molar-refractivity contribution in [1.82, 2.24) is 29.2 Å². The van der Waals surface area contributed by atoms with Crippen molar-refractivity contribution in [1.29, 1.82) is 0 Å². The molecule has 1 spiro atoms. The van der Waals surface area contributed by atoms with E-state index in [4.69, 9.17) is 4.74 Å². The Bertz CT molecular complexity index is 1500. The van der Waals surface area contributed by atoms with Crippen LogP contribution in [0.15, 0.2) is 35.3 Å². The predicted molar refractivity (Wildman–Crippen MR) is 137 cm³/mol. The summed E-state index contributed by atoms with van der Waals surface area (Å²) in [5, 5.41) is 9.04. The van der Waals surface area contributed by atoms with E-state index in [-0.39, 0.29) is 11.7 Å². The van der Waals surface area contributed by atoms with Gasteiger partial charge in [-0.2, -0.15) is 0 Å². The fraction of sp³-hybridized carbons (Fsp3) is 0.481. The first-order chi connectivity index (χ1) is 17.3. The second-order valence-corrected chi connectivity index (χ2v) is 10.7. The number of aromatic nitrogens is 5. The molecule has 6 rings (SSSR count). The summed E-state index contributed by atoms with van der Waals surface area (Å²) in [5.74, 6) is 0.115. The quantitative estimate of drug-likeness (QED) is 0.359. The van der Waals surface area contributed by atoms with Crippen molar-refractivity contribution < 1.29 is 9.13 Å². The monoisotopic (exact) mass is 490 g/mol. The fourth-order valence-corrected chi connectivity index (χ4v) is 5.76. The molecule has 9 heteroatoms. The normalized spacial score (nSPS) is 17.1. The molecule has 4 aromatic rings. The van der Waals surface area contributed by atoms with E-state index < -0.39 is 5.82 Å². The van der Waals surface area contributed by atoms with Gasteiger partial charge in [-0.3, -0.25) is 9.13 Å². The van der Waals surface area contributed by atoms with Crippen LogP contribution in [0.25, 0.3) is 33.2 Å². The number of hydrogen-bond acceptors (Lipinski definition) is 6. The second-order valence-electron chi connectivity index (χ2n) is 10.7. The van der Waals surface area contributed by atoms with Crippen LogP contribution in [0.1, 0.15) is 45.6 Å². The van der Waals surface area contributed by atoms with Gasteiger partial charge in [0.25, 0.3) is 0 Å². The van der Waals surface area contributed by atoms with Crippen LogP contribution < -0.4 is 10.4 Å². The van der Waals surface area contributed by atoms with Crippen molar-refractivity contribution in [2.45, 2.75) is 45.6 Å². The first kappa shape index (κ1) is 23.1. The highest BCUT2D eigenvalue weighted by Gasteiger charge is 2.46. The molecular weight excluding hydrogens is 459 g/mol. The summed E-state index contributed by atoms with van der Waals surface area (Å²) in [6, 6.07) is 6.61. The van der Waals surface area contributed by atoms with Crippen LogP contribution in [-0.2, 0) is 7.05 Å². The zero-order valence-electron chi connectivity index (χ0n) is 21.0. The van der Waals surface area contributed by atoms with Gasteiger partial charge in [0.1, 0.15) is 11.3 Å². The van der Waals surface area contributed by atoms with Gasteiger partial charge in [0.05, 0.1) is 12.1 Å². The highest BCUT2D eigenvalue weighted by atomic mass is 19.1. The second kappa shape index (κ2) is 8.65. The Morgan fingerprint density at radius 1 is 1.17 bits per heavy atom. The summed E-state index contributed by atoms with van der Waals surface area (Å²) < 4.78 is 24.1. The van der Waals surface area contributed by atoms with Gasteiger partial charge in [0.2, 0.25) is 5.88 Å². The lowest BCUT2D eigenvalue weighted by Crippen LogP contribution is -2.59. The smallest absolute Gasteiger partial charge is 0.330 e. The molecule has 36 heavy (non-hydrogen) atoms. The van der Waals surface area contributed by atoms with E-state index in [1.807, 2.05) is 19.9 Å². The van der Waals surface area contributed by atoms with E-state index in [0.717, 1.165) is 13.0 Å². The Labute approximate surface area is 208 Å². The van der Waals surface area contributed by atoms with E-state index >= 15 is 4.39 Å². The molecule has 0 amide bonds. The largest absolute Gasteiger partial charge is 0.478 e. The number of halogens is 1. The molecule has 8 nitrogen and oxygen atoms in total. The Morgan fingerprint density at radius 3 is 2.64 bits per heavy atom. The van der Waals surface area contributed by atoms with Gasteiger partial charge >= 0.3 is 5.69 Å². The minimum Gasteiger partial charge on any atom is -0.478 e. The molecule has 3 aromatic heterocycles. The Balaban J connectivity index is 1.21. The topological polar surface area (TPSA) is 78.1 Å². The maximum absolute atomic E-state index is 15.1. The highest BCUT2D eigenvalue weighted by Crippen LogP contribution is 2.47. The number of likely N-dealkylation sites (tertiary alicyclic amines) is 1. The summed E-state index contributed by atoms with van der Waals surface area (Å²) in [5.41, 5.74) is 3.04. The number of hydrogen-bond donors (Lipinski definition) is 0. The van der Waals surface area contributed by atoms with E-state index in [1.54, 1.807) is 29.9 Å². The Kier molecular flexibility index (Phi) is 5.55.